The molecule has 1 aromatic heterocycles. The van der Waals surface area contributed by atoms with E-state index in [9.17, 15) is 4.79 Å². The normalized spacial score (nSPS) is 14.8. The summed E-state index contributed by atoms with van der Waals surface area (Å²) in [5, 5.41) is 0. The van der Waals surface area contributed by atoms with Crippen molar-refractivity contribution in [2.75, 3.05) is 36.5 Å². The van der Waals surface area contributed by atoms with Crippen LogP contribution < -0.4 is 10.3 Å². The van der Waals surface area contributed by atoms with Gasteiger partial charge in [-0.05, 0) is 24.3 Å². The van der Waals surface area contributed by atoms with Crippen LogP contribution in [0.1, 0.15) is 0 Å². The number of benzene rings is 2. The van der Waals surface area contributed by atoms with Gasteiger partial charge in [0.1, 0.15) is 6.33 Å². The van der Waals surface area contributed by atoms with E-state index in [-0.39, 0.29) is 6.03 Å². The van der Waals surface area contributed by atoms with E-state index < -0.39 is 0 Å². The molecular formula is C18H19N5O. The number of fused-ring (bicyclic) bond motifs is 1. The Balaban J connectivity index is 1.40. The summed E-state index contributed by atoms with van der Waals surface area (Å²) in [4.78, 5) is 20.9. The number of nitrogens with one attached hydrogen (secondary N) is 1. The van der Waals surface area contributed by atoms with Gasteiger partial charge in [0.15, 0.2) is 0 Å². The molecule has 2 heterocycles. The molecule has 1 N–H and O–H groups in total. The second-order valence-electron chi connectivity index (χ2n) is 5.83. The first-order valence-corrected chi connectivity index (χ1v) is 8.09. The average Bonchev–Trinajstić information content (AvgIpc) is 3.06. The van der Waals surface area contributed by atoms with Crippen molar-refractivity contribution in [2.24, 2.45) is 0 Å². The highest BCUT2D eigenvalue weighted by atomic mass is 16.2. The Labute approximate surface area is 140 Å². The third-order valence-corrected chi connectivity index (χ3v) is 4.36. The number of piperazine rings is 1. The Morgan fingerprint density at radius 2 is 1.62 bits per heavy atom. The number of para-hydroxylation sites is 3. The standard InChI is InChI=1S/C18H19N5O/c24-18(20-23-14-19-16-8-4-5-9-17(16)23)22-12-10-21(11-13-22)15-6-2-1-3-7-15/h1-9,14H,10-13H2,(H,20,24). The predicted molar refractivity (Wildman–Crippen MR) is 94.7 cm³/mol. The van der Waals surface area contributed by atoms with Crippen LogP contribution in [-0.2, 0) is 0 Å². The van der Waals surface area contributed by atoms with Crippen molar-refractivity contribution in [1.29, 1.82) is 0 Å². The number of hydrogen-bond donors (Lipinski definition) is 1. The molecule has 6 nitrogen and oxygen atoms in total. The Morgan fingerprint density at radius 1 is 0.917 bits per heavy atom. The summed E-state index contributed by atoms with van der Waals surface area (Å²) in [6.45, 7) is 3.07. The number of amides is 2. The monoisotopic (exact) mass is 321 g/mol. The van der Waals surface area contributed by atoms with Crippen LogP contribution in [0.15, 0.2) is 60.9 Å². The van der Waals surface area contributed by atoms with Crippen molar-refractivity contribution in [3.8, 4) is 0 Å². The average molecular weight is 321 g/mol. The van der Waals surface area contributed by atoms with Gasteiger partial charge < -0.3 is 9.80 Å². The van der Waals surface area contributed by atoms with Crippen LogP contribution in [-0.4, -0.2) is 46.8 Å². The summed E-state index contributed by atoms with van der Waals surface area (Å²) in [5.74, 6) is 0. The zero-order chi connectivity index (χ0) is 16.4. The van der Waals surface area contributed by atoms with E-state index in [4.69, 9.17) is 0 Å². The maximum atomic E-state index is 12.5. The van der Waals surface area contributed by atoms with Crippen molar-refractivity contribution < 1.29 is 4.79 Å². The number of nitrogens with zero attached hydrogens (tertiary/aromatic N) is 4. The van der Waals surface area contributed by atoms with Crippen LogP contribution in [0.25, 0.3) is 11.0 Å². The minimum atomic E-state index is -0.0918. The second kappa shape index (κ2) is 6.23. The lowest BCUT2D eigenvalue weighted by Gasteiger charge is -2.36. The van der Waals surface area contributed by atoms with Crippen molar-refractivity contribution in [3.63, 3.8) is 0 Å². The smallest absolute Gasteiger partial charge is 0.336 e. The van der Waals surface area contributed by atoms with Gasteiger partial charge in [0, 0.05) is 31.9 Å². The highest BCUT2D eigenvalue weighted by molar-refractivity contribution is 5.85. The van der Waals surface area contributed by atoms with Crippen molar-refractivity contribution in [2.45, 2.75) is 0 Å². The molecule has 0 spiro atoms. The third kappa shape index (κ3) is 2.78. The number of rotatable bonds is 2. The van der Waals surface area contributed by atoms with Crippen LogP contribution in [0.5, 0.6) is 0 Å². The van der Waals surface area contributed by atoms with Gasteiger partial charge in [-0.2, -0.15) is 0 Å². The number of imidazole rings is 1. The number of urea groups is 1. The summed E-state index contributed by atoms with van der Waals surface area (Å²) in [5.41, 5.74) is 5.88. The van der Waals surface area contributed by atoms with Crippen LogP contribution in [0.2, 0.25) is 0 Å². The van der Waals surface area contributed by atoms with Crippen LogP contribution in [0, 0.1) is 0 Å². The lowest BCUT2D eigenvalue weighted by atomic mass is 10.2. The molecule has 0 aliphatic carbocycles. The molecule has 0 saturated carbocycles. The molecule has 0 unspecified atom stereocenters. The maximum Gasteiger partial charge on any atom is 0.336 e. The number of aromatic nitrogens is 2. The highest BCUT2D eigenvalue weighted by Gasteiger charge is 2.21. The molecule has 1 fully saturated rings. The predicted octanol–water partition coefficient (Wildman–Crippen LogP) is 2.52. The van der Waals surface area contributed by atoms with Crippen molar-refractivity contribution >= 4 is 22.8 Å². The lowest BCUT2D eigenvalue weighted by molar-refractivity contribution is 0.205. The summed E-state index contributed by atoms with van der Waals surface area (Å²) < 4.78 is 1.68. The van der Waals surface area contributed by atoms with E-state index >= 15 is 0 Å². The van der Waals surface area contributed by atoms with Crippen molar-refractivity contribution in [3.05, 3.63) is 60.9 Å². The topological polar surface area (TPSA) is 53.4 Å². The van der Waals surface area contributed by atoms with Gasteiger partial charge in [-0.1, -0.05) is 30.3 Å². The second-order valence-corrected chi connectivity index (χ2v) is 5.83. The van der Waals surface area contributed by atoms with Gasteiger partial charge in [-0.3, -0.25) is 0 Å². The molecule has 1 saturated heterocycles. The Morgan fingerprint density at radius 3 is 2.42 bits per heavy atom. The first-order valence-electron chi connectivity index (χ1n) is 8.09. The minimum Gasteiger partial charge on any atom is -0.368 e. The Hall–Kier alpha value is -3.02. The molecule has 6 heteroatoms. The Bertz CT molecular complexity index is 837. The van der Waals surface area contributed by atoms with Crippen LogP contribution >= 0.6 is 0 Å². The molecule has 122 valence electrons. The molecule has 4 rings (SSSR count). The molecule has 0 bridgehead atoms. The summed E-state index contributed by atoms with van der Waals surface area (Å²) in [6, 6.07) is 18.0. The van der Waals surface area contributed by atoms with E-state index in [1.54, 1.807) is 11.0 Å². The van der Waals surface area contributed by atoms with Gasteiger partial charge in [-0.25, -0.2) is 19.9 Å². The van der Waals surface area contributed by atoms with E-state index in [1.165, 1.54) is 5.69 Å². The van der Waals surface area contributed by atoms with E-state index in [1.807, 2.05) is 47.4 Å². The number of hydrogen-bond acceptors (Lipinski definition) is 3. The van der Waals surface area contributed by atoms with Gasteiger partial charge in [-0.15, -0.1) is 0 Å². The van der Waals surface area contributed by atoms with E-state index in [0.29, 0.717) is 13.1 Å². The maximum absolute atomic E-state index is 12.5. The Kier molecular flexibility index (Phi) is 3.78. The first-order chi connectivity index (χ1) is 11.8. The number of carbonyl (C=O) groups is 1. The molecule has 0 atom stereocenters. The molecule has 2 aromatic carbocycles. The van der Waals surface area contributed by atoms with Crippen LogP contribution in [0.4, 0.5) is 10.5 Å². The molecule has 1 aliphatic rings. The molecule has 3 aromatic rings. The van der Waals surface area contributed by atoms with E-state index in [2.05, 4.69) is 27.4 Å². The SMILES string of the molecule is O=C(Nn1cnc2ccccc21)N1CCN(c2ccccc2)CC1. The van der Waals surface area contributed by atoms with E-state index in [0.717, 1.165) is 24.1 Å². The quantitative estimate of drug-likeness (QED) is 0.789. The molecule has 1 aliphatic heterocycles. The fourth-order valence-electron chi connectivity index (χ4n) is 3.03. The zero-order valence-electron chi connectivity index (χ0n) is 13.3. The fourth-order valence-corrected chi connectivity index (χ4v) is 3.03. The highest BCUT2D eigenvalue weighted by Crippen LogP contribution is 2.16. The van der Waals surface area contributed by atoms with Gasteiger partial charge in [0.25, 0.3) is 0 Å². The lowest BCUT2D eigenvalue weighted by Crippen LogP contribution is -2.51. The zero-order valence-corrected chi connectivity index (χ0v) is 13.3. The largest absolute Gasteiger partial charge is 0.368 e. The molecular weight excluding hydrogens is 302 g/mol. The first kappa shape index (κ1) is 14.6. The van der Waals surface area contributed by atoms with Gasteiger partial charge in [0.2, 0.25) is 0 Å². The molecule has 0 radical (unpaired) electrons. The van der Waals surface area contributed by atoms with Crippen molar-refractivity contribution in [1.82, 2.24) is 14.6 Å². The summed E-state index contributed by atoms with van der Waals surface area (Å²) in [7, 11) is 0. The third-order valence-electron chi connectivity index (χ3n) is 4.36. The number of carbonyl (C=O) groups excluding carboxylic acids is 1. The fraction of sp³-hybridized carbons (Fsp3) is 0.222. The van der Waals surface area contributed by atoms with Crippen LogP contribution in [0.3, 0.4) is 0 Å². The summed E-state index contributed by atoms with van der Waals surface area (Å²) >= 11 is 0. The number of anilines is 1. The molecule has 2 amide bonds. The molecule has 24 heavy (non-hydrogen) atoms. The summed E-state index contributed by atoms with van der Waals surface area (Å²) in [6.07, 6.45) is 1.64. The minimum absolute atomic E-state index is 0.0918. The van der Waals surface area contributed by atoms with Gasteiger partial charge >= 0.3 is 6.03 Å². The van der Waals surface area contributed by atoms with Gasteiger partial charge in [0.05, 0.1) is 11.0 Å².